The topological polar surface area (TPSA) is 78.4 Å². The fraction of sp³-hybridized carbons (Fsp3) is 0.429. The zero-order chi connectivity index (χ0) is 15.0. The number of hydrogen-bond donors (Lipinski definition) is 3. The Balaban J connectivity index is 2.54. The van der Waals surface area contributed by atoms with Gasteiger partial charge in [0.25, 0.3) is 5.91 Å². The first-order chi connectivity index (χ1) is 9.58. The largest absolute Gasteiger partial charge is 0.384 e. The van der Waals surface area contributed by atoms with E-state index in [4.69, 9.17) is 5.11 Å². The summed E-state index contributed by atoms with van der Waals surface area (Å²) < 4.78 is 0. The summed E-state index contributed by atoms with van der Waals surface area (Å²) in [6, 6.07) is 1.76. The van der Waals surface area contributed by atoms with Crippen LogP contribution in [0.25, 0.3) is 0 Å². The summed E-state index contributed by atoms with van der Waals surface area (Å²) in [5.41, 5.74) is 0.907. The molecule has 5 nitrogen and oxygen atoms in total. The minimum Gasteiger partial charge on any atom is -0.384 e. The molecule has 1 rings (SSSR count). The molecule has 0 aliphatic carbocycles. The van der Waals surface area contributed by atoms with Gasteiger partial charge in [-0.2, -0.15) is 0 Å². The molecular weight excluding hydrogens is 276 g/mol. The van der Waals surface area contributed by atoms with Crippen molar-refractivity contribution in [1.82, 2.24) is 10.6 Å². The normalized spacial score (nSPS) is 9.55. The van der Waals surface area contributed by atoms with E-state index >= 15 is 0 Å². The fourth-order valence-electron chi connectivity index (χ4n) is 1.50. The first-order valence-electron chi connectivity index (χ1n) is 6.33. The fourth-order valence-corrected chi connectivity index (χ4v) is 2.46. The van der Waals surface area contributed by atoms with Crippen molar-refractivity contribution in [3.8, 4) is 11.8 Å². The van der Waals surface area contributed by atoms with E-state index in [1.165, 1.54) is 11.3 Å². The minimum atomic E-state index is -0.209. The Kier molecular flexibility index (Phi) is 6.77. The van der Waals surface area contributed by atoms with Gasteiger partial charge in [0.15, 0.2) is 0 Å². The number of hydrogen-bond acceptors (Lipinski definition) is 4. The van der Waals surface area contributed by atoms with Crippen LogP contribution in [-0.4, -0.2) is 36.6 Å². The predicted octanol–water partition coefficient (Wildman–Crippen LogP) is 0.656. The number of carbonyl (C=O) groups is 2. The van der Waals surface area contributed by atoms with Gasteiger partial charge in [-0.1, -0.05) is 11.8 Å². The molecule has 0 unspecified atom stereocenters. The van der Waals surface area contributed by atoms with Gasteiger partial charge in [-0.25, -0.2) is 0 Å². The summed E-state index contributed by atoms with van der Waals surface area (Å²) in [5.74, 6) is 5.08. The average Bonchev–Trinajstić information content (AvgIpc) is 2.78. The van der Waals surface area contributed by atoms with Crippen molar-refractivity contribution < 1.29 is 14.7 Å². The molecule has 0 saturated heterocycles. The van der Waals surface area contributed by atoms with Crippen LogP contribution >= 0.6 is 11.3 Å². The molecule has 0 radical (unpaired) electrons. The lowest BCUT2D eigenvalue weighted by atomic mass is 10.2. The van der Waals surface area contributed by atoms with Crippen LogP contribution in [0.3, 0.4) is 0 Å². The van der Waals surface area contributed by atoms with Crippen LogP contribution in [0.4, 0.5) is 0 Å². The van der Waals surface area contributed by atoms with Crippen LogP contribution in [0, 0.1) is 18.8 Å². The summed E-state index contributed by atoms with van der Waals surface area (Å²) in [5, 5.41) is 14.0. The highest BCUT2D eigenvalue weighted by Crippen LogP contribution is 2.20. The van der Waals surface area contributed by atoms with E-state index in [9.17, 15) is 9.59 Å². The molecule has 1 aromatic heterocycles. The van der Waals surface area contributed by atoms with Gasteiger partial charge in [0, 0.05) is 19.5 Å². The van der Waals surface area contributed by atoms with Gasteiger partial charge in [-0.3, -0.25) is 9.59 Å². The second-order valence-electron chi connectivity index (χ2n) is 4.04. The first kappa shape index (κ1) is 16.2. The van der Waals surface area contributed by atoms with Crippen molar-refractivity contribution in [2.24, 2.45) is 0 Å². The number of aryl methyl sites for hydroxylation is 1. The van der Waals surface area contributed by atoms with Gasteiger partial charge in [-0.05, 0) is 25.5 Å². The minimum absolute atomic E-state index is 0.0790. The summed E-state index contributed by atoms with van der Waals surface area (Å²) in [6.07, 6.45) is 0.265. The smallest absolute Gasteiger partial charge is 0.261 e. The van der Waals surface area contributed by atoms with Crippen molar-refractivity contribution in [1.29, 1.82) is 0 Å². The lowest BCUT2D eigenvalue weighted by molar-refractivity contribution is -0.120. The van der Waals surface area contributed by atoms with Crippen LogP contribution < -0.4 is 10.6 Å². The molecule has 3 N–H and O–H groups in total. The molecule has 20 heavy (non-hydrogen) atoms. The highest BCUT2D eigenvalue weighted by Gasteiger charge is 2.11. The summed E-state index contributed by atoms with van der Waals surface area (Å²) in [6.45, 7) is 4.40. The zero-order valence-corrected chi connectivity index (χ0v) is 12.4. The molecule has 0 aliphatic heterocycles. The molecule has 6 heteroatoms. The third-order valence-corrected chi connectivity index (χ3v) is 3.59. The van der Waals surface area contributed by atoms with Crippen molar-refractivity contribution in [2.45, 2.75) is 20.3 Å². The third-order valence-electron chi connectivity index (χ3n) is 2.43. The molecule has 0 aliphatic rings. The van der Waals surface area contributed by atoms with E-state index in [0.29, 0.717) is 18.0 Å². The Labute approximate surface area is 122 Å². The van der Waals surface area contributed by atoms with Crippen LogP contribution in [-0.2, 0) is 4.79 Å². The quantitative estimate of drug-likeness (QED) is 0.698. The molecule has 2 amide bonds. The standard InChI is InChI=1S/C14H18N2O3S/c1-3-15-13(18)6-7-16-14(19)12-9-10(2)11(20-12)5-4-8-17/h9,17H,3,6-8H2,1-2H3,(H,15,18)(H,16,19). The number of rotatable bonds is 5. The van der Waals surface area contributed by atoms with E-state index in [1.54, 1.807) is 6.07 Å². The van der Waals surface area contributed by atoms with Gasteiger partial charge in [0.05, 0.1) is 9.75 Å². The molecule has 1 heterocycles. The van der Waals surface area contributed by atoms with Crippen molar-refractivity contribution in [3.05, 3.63) is 21.4 Å². The van der Waals surface area contributed by atoms with E-state index in [1.807, 2.05) is 13.8 Å². The maximum Gasteiger partial charge on any atom is 0.261 e. The van der Waals surface area contributed by atoms with Crippen molar-refractivity contribution >= 4 is 23.2 Å². The molecule has 1 aromatic rings. The van der Waals surface area contributed by atoms with Crippen LogP contribution in [0.2, 0.25) is 0 Å². The Bertz CT molecular complexity index is 540. The Morgan fingerprint density at radius 1 is 1.40 bits per heavy atom. The van der Waals surface area contributed by atoms with Gasteiger partial charge in [-0.15, -0.1) is 11.3 Å². The van der Waals surface area contributed by atoms with Gasteiger partial charge in [0.1, 0.15) is 6.61 Å². The number of aliphatic hydroxyl groups excluding tert-OH is 1. The van der Waals surface area contributed by atoms with Crippen molar-refractivity contribution in [2.75, 3.05) is 19.7 Å². The monoisotopic (exact) mass is 294 g/mol. The lowest BCUT2D eigenvalue weighted by Crippen LogP contribution is -2.30. The number of carbonyl (C=O) groups excluding carboxylic acids is 2. The Morgan fingerprint density at radius 2 is 2.15 bits per heavy atom. The number of thiophene rings is 1. The number of amides is 2. The van der Waals surface area contributed by atoms with Crippen molar-refractivity contribution in [3.63, 3.8) is 0 Å². The lowest BCUT2D eigenvalue weighted by Gasteiger charge is -2.03. The van der Waals surface area contributed by atoms with Crippen LogP contribution in [0.1, 0.15) is 33.5 Å². The molecule has 0 fully saturated rings. The van der Waals surface area contributed by atoms with Gasteiger partial charge >= 0.3 is 0 Å². The molecule has 108 valence electrons. The Hall–Kier alpha value is -1.84. The third kappa shape index (κ3) is 5.03. The zero-order valence-electron chi connectivity index (χ0n) is 11.6. The average molecular weight is 294 g/mol. The second-order valence-corrected chi connectivity index (χ2v) is 5.09. The molecule has 0 saturated carbocycles. The van der Waals surface area contributed by atoms with E-state index < -0.39 is 0 Å². The first-order valence-corrected chi connectivity index (χ1v) is 7.15. The highest BCUT2D eigenvalue weighted by atomic mass is 32.1. The predicted molar refractivity (Wildman–Crippen MR) is 78.7 cm³/mol. The van der Waals surface area contributed by atoms with Crippen LogP contribution in [0.15, 0.2) is 6.07 Å². The van der Waals surface area contributed by atoms with E-state index in [0.717, 1.165) is 10.4 Å². The molecule has 0 bridgehead atoms. The second kappa shape index (κ2) is 8.35. The van der Waals surface area contributed by atoms with E-state index in [2.05, 4.69) is 22.5 Å². The molecule has 0 atom stereocenters. The van der Waals surface area contributed by atoms with Gasteiger partial charge in [0.2, 0.25) is 5.91 Å². The summed E-state index contributed by atoms with van der Waals surface area (Å²) >= 11 is 1.28. The van der Waals surface area contributed by atoms with Crippen LogP contribution in [0.5, 0.6) is 0 Å². The summed E-state index contributed by atoms with van der Waals surface area (Å²) in [4.78, 5) is 24.5. The highest BCUT2D eigenvalue weighted by molar-refractivity contribution is 7.14. The maximum absolute atomic E-state index is 11.9. The SMILES string of the molecule is CCNC(=O)CCNC(=O)c1cc(C)c(C#CCO)s1. The van der Waals surface area contributed by atoms with Gasteiger partial charge < -0.3 is 15.7 Å². The summed E-state index contributed by atoms with van der Waals surface area (Å²) in [7, 11) is 0. The van der Waals surface area contributed by atoms with E-state index in [-0.39, 0.29) is 24.8 Å². The number of aliphatic hydroxyl groups is 1. The molecule has 0 spiro atoms. The molecule has 0 aromatic carbocycles. The molecular formula is C14H18N2O3S. The maximum atomic E-state index is 11.9. The number of nitrogens with one attached hydrogen (secondary N) is 2. The Morgan fingerprint density at radius 3 is 2.80 bits per heavy atom.